The fraction of sp³-hybridized carbons (Fsp3) is 0.389. The van der Waals surface area contributed by atoms with Gasteiger partial charge in [-0.2, -0.15) is 5.10 Å². The van der Waals surface area contributed by atoms with Crippen LogP contribution in [0.1, 0.15) is 25.5 Å². The van der Waals surface area contributed by atoms with E-state index in [1.165, 1.54) is 0 Å². The van der Waals surface area contributed by atoms with E-state index in [9.17, 15) is 9.59 Å². The number of nitrogens with zero attached hydrogens (tertiary/aromatic N) is 3. The molecule has 0 aliphatic carbocycles. The summed E-state index contributed by atoms with van der Waals surface area (Å²) in [6.45, 7) is 3.93. The monoisotopic (exact) mass is 434 g/mol. The molecule has 4 rings (SSSR count). The van der Waals surface area contributed by atoms with E-state index in [-0.39, 0.29) is 16.7 Å². The van der Waals surface area contributed by atoms with Crippen molar-refractivity contribution in [3.05, 3.63) is 40.5 Å². The molecule has 1 N–H and O–H groups in total. The third-order valence-corrected chi connectivity index (χ3v) is 6.88. The number of hydrogen-bond donors (Lipinski definition) is 1. The molecule has 0 bridgehead atoms. The quantitative estimate of drug-likeness (QED) is 0.803. The van der Waals surface area contributed by atoms with E-state index < -0.39 is 6.04 Å². The fourth-order valence-corrected chi connectivity index (χ4v) is 5.44. The molecule has 1 aromatic carbocycles. The van der Waals surface area contributed by atoms with Gasteiger partial charge in [-0.05, 0) is 38.5 Å². The molecule has 2 amide bonds. The van der Waals surface area contributed by atoms with Crippen molar-refractivity contribution in [3.63, 3.8) is 0 Å². The first-order valence-corrected chi connectivity index (χ1v) is 10.2. The summed E-state index contributed by atoms with van der Waals surface area (Å²) < 4.78 is 2.65. The third kappa shape index (κ3) is 2.95. The van der Waals surface area contributed by atoms with Crippen LogP contribution in [0.2, 0.25) is 0 Å². The van der Waals surface area contributed by atoms with Gasteiger partial charge in [-0.25, -0.2) is 4.68 Å². The Labute approximate surface area is 164 Å². The molecule has 2 unspecified atom stereocenters. The zero-order chi connectivity index (χ0) is 18.5. The minimum absolute atomic E-state index is 0.0642. The standard InChI is InChI=1S/C18H19BrN4O2S/c1-11-8-15(23(21-11)13-5-3-4-12(19)9-13)20-17(25)14-10-26-18(2)7-6-16(24)22(14)18/h3-5,8-9,14H,6-7,10H2,1-2H3,(H,20,25). The zero-order valence-electron chi connectivity index (χ0n) is 14.5. The molecule has 2 aliphatic heterocycles. The van der Waals surface area contributed by atoms with Crippen molar-refractivity contribution in [1.82, 2.24) is 14.7 Å². The van der Waals surface area contributed by atoms with Crippen molar-refractivity contribution in [2.75, 3.05) is 11.1 Å². The third-order valence-electron chi connectivity index (χ3n) is 4.88. The van der Waals surface area contributed by atoms with Crippen LogP contribution in [0.5, 0.6) is 0 Å². The van der Waals surface area contributed by atoms with E-state index >= 15 is 0 Å². The van der Waals surface area contributed by atoms with Crippen LogP contribution < -0.4 is 5.32 Å². The molecule has 0 saturated carbocycles. The first kappa shape index (κ1) is 17.6. The van der Waals surface area contributed by atoms with Crippen molar-refractivity contribution in [2.24, 2.45) is 0 Å². The molecule has 0 spiro atoms. The lowest BCUT2D eigenvalue weighted by Gasteiger charge is -2.29. The Hall–Kier alpha value is -1.80. The molecule has 2 saturated heterocycles. The molecular formula is C18H19BrN4O2S. The Bertz CT molecular complexity index is 899. The van der Waals surface area contributed by atoms with E-state index in [1.54, 1.807) is 21.3 Å². The summed E-state index contributed by atoms with van der Waals surface area (Å²) in [5.74, 6) is 1.13. The molecule has 2 fully saturated rings. The second-order valence-corrected chi connectivity index (χ2v) is 9.23. The predicted octanol–water partition coefficient (Wildman–Crippen LogP) is 3.34. The number of benzene rings is 1. The summed E-state index contributed by atoms with van der Waals surface area (Å²) in [6.07, 6.45) is 1.32. The van der Waals surface area contributed by atoms with E-state index in [0.29, 0.717) is 18.0 Å². The number of fused-ring (bicyclic) bond motifs is 1. The Kier molecular flexibility index (Phi) is 4.35. The van der Waals surface area contributed by atoms with Crippen molar-refractivity contribution >= 4 is 45.3 Å². The molecule has 0 radical (unpaired) electrons. The van der Waals surface area contributed by atoms with Gasteiger partial charge < -0.3 is 10.2 Å². The van der Waals surface area contributed by atoms with Crippen LogP contribution in [0.3, 0.4) is 0 Å². The summed E-state index contributed by atoms with van der Waals surface area (Å²) in [6, 6.07) is 9.13. The fourth-order valence-electron chi connectivity index (χ4n) is 3.62. The van der Waals surface area contributed by atoms with Crippen LogP contribution in [0, 0.1) is 6.92 Å². The minimum atomic E-state index is -0.439. The highest BCUT2D eigenvalue weighted by atomic mass is 79.9. The summed E-state index contributed by atoms with van der Waals surface area (Å²) in [5.41, 5.74) is 1.66. The van der Waals surface area contributed by atoms with E-state index in [4.69, 9.17) is 0 Å². The Morgan fingerprint density at radius 3 is 3.00 bits per heavy atom. The number of hydrogen-bond acceptors (Lipinski definition) is 4. The van der Waals surface area contributed by atoms with Gasteiger partial charge in [-0.1, -0.05) is 22.0 Å². The number of anilines is 1. The van der Waals surface area contributed by atoms with Gasteiger partial charge in [0.2, 0.25) is 11.8 Å². The highest BCUT2D eigenvalue weighted by molar-refractivity contribution is 9.10. The van der Waals surface area contributed by atoms with Gasteiger partial charge in [-0.15, -0.1) is 11.8 Å². The molecule has 2 aliphatic rings. The molecule has 1 aromatic heterocycles. The second-order valence-electron chi connectivity index (χ2n) is 6.82. The van der Waals surface area contributed by atoms with Gasteiger partial charge >= 0.3 is 0 Å². The van der Waals surface area contributed by atoms with Crippen LogP contribution >= 0.6 is 27.7 Å². The zero-order valence-corrected chi connectivity index (χ0v) is 16.9. The number of amides is 2. The second kappa shape index (κ2) is 6.42. The number of rotatable bonds is 3. The molecule has 26 heavy (non-hydrogen) atoms. The average molecular weight is 435 g/mol. The highest BCUT2D eigenvalue weighted by Gasteiger charge is 2.52. The van der Waals surface area contributed by atoms with Gasteiger partial charge in [0, 0.05) is 22.7 Å². The maximum Gasteiger partial charge on any atom is 0.249 e. The van der Waals surface area contributed by atoms with Gasteiger partial charge in [0.05, 0.1) is 16.3 Å². The van der Waals surface area contributed by atoms with Crippen LogP contribution in [-0.4, -0.2) is 43.2 Å². The van der Waals surface area contributed by atoms with Crippen molar-refractivity contribution in [1.29, 1.82) is 0 Å². The molecular weight excluding hydrogens is 416 g/mol. The van der Waals surface area contributed by atoms with Gasteiger partial charge in [0.15, 0.2) is 0 Å². The molecule has 6 nitrogen and oxygen atoms in total. The number of carbonyl (C=O) groups is 2. The minimum Gasteiger partial charge on any atom is -0.315 e. The van der Waals surface area contributed by atoms with Crippen LogP contribution in [-0.2, 0) is 9.59 Å². The number of carbonyl (C=O) groups excluding carboxylic acids is 2. The maximum atomic E-state index is 12.9. The normalized spacial score (nSPS) is 24.8. The molecule has 3 heterocycles. The lowest BCUT2D eigenvalue weighted by molar-refractivity contribution is -0.135. The first-order chi connectivity index (χ1) is 12.4. The van der Waals surface area contributed by atoms with Gasteiger partial charge in [0.1, 0.15) is 11.9 Å². The van der Waals surface area contributed by atoms with Crippen molar-refractivity contribution in [2.45, 2.75) is 37.6 Å². The van der Waals surface area contributed by atoms with Crippen LogP contribution in [0.15, 0.2) is 34.8 Å². The lowest BCUT2D eigenvalue weighted by Crippen LogP contribution is -2.48. The number of nitrogens with one attached hydrogen (secondary N) is 1. The number of halogens is 1. The molecule has 2 aromatic rings. The van der Waals surface area contributed by atoms with E-state index in [1.807, 2.05) is 44.2 Å². The van der Waals surface area contributed by atoms with Crippen molar-refractivity contribution < 1.29 is 9.59 Å². The Balaban J connectivity index is 1.60. The van der Waals surface area contributed by atoms with Crippen LogP contribution in [0.25, 0.3) is 5.69 Å². The summed E-state index contributed by atoms with van der Waals surface area (Å²) in [5, 5.41) is 7.47. The molecule has 8 heteroatoms. The van der Waals surface area contributed by atoms with Crippen molar-refractivity contribution in [3.8, 4) is 5.69 Å². The van der Waals surface area contributed by atoms with E-state index in [2.05, 4.69) is 26.3 Å². The maximum absolute atomic E-state index is 12.9. The lowest BCUT2D eigenvalue weighted by atomic mass is 10.2. The smallest absolute Gasteiger partial charge is 0.249 e. The predicted molar refractivity (Wildman–Crippen MR) is 105 cm³/mol. The largest absolute Gasteiger partial charge is 0.315 e. The molecule has 2 atom stereocenters. The van der Waals surface area contributed by atoms with E-state index in [0.717, 1.165) is 22.3 Å². The number of aromatic nitrogens is 2. The highest BCUT2D eigenvalue weighted by Crippen LogP contribution is 2.47. The Morgan fingerprint density at radius 2 is 2.23 bits per heavy atom. The first-order valence-electron chi connectivity index (χ1n) is 8.47. The average Bonchev–Trinajstić information content (AvgIpc) is 3.21. The van der Waals surface area contributed by atoms with Crippen LogP contribution in [0.4, 0.5) is 5.82 Å². The SMILES string of the molecule is Cc1cc(NC(=O)C2CSC3(C)CCC(=O)N23)n(-c2cccc(Br)c2)n1. The summed E-state index contributed by atoms with van der Waals surface area (Å²) in [4.78, 5) is 26.7. The van der Waals surface area contributed by atoms with Gasteiger partial charge in [0.25, 0.3) is 0 Å². The topological polar surface area (TPSA) is 67.2 Å². The Morgan fingerprint density at radius 1 is 1.42 bits per heavy atom. The van der Waals surface area contributed by atoms with Gasteiger partial charge in [-0.3, -0.25) is 9.59 Å². The summed E-state index contributed by atoms with van der Waals surface area (Å²) >= 11 is 5.15. The number of thioether (sulfide) groups is 1. The molecule has 136 valence electrons. The number of aryl methyl sites for hydroxylation is 1. The summed E-state index contributed by atoms with van der Waals surface area (Å²) in [7, 11) is 0.